The molecule has 102 heavy (non-hydrogen) atoms. The molecule has 0 aromatic heterocycles. The minimum absolute atomic E-state index is 0.0514. The van der Waals surface area contributed by atoms with Crippen molar-refractivity contribution >= 4 is 76.5 Å². The van der Waals surface area contributed by atoms with Gasteiger partial charge in [0.1, 0.15) is 36.4 Å². The number of ketones is 3. The van der Waals surface area contributed by atoms with E-state index in [-0.39, 0.29) is 117 Å². The smallest absolute Gasteiger partial charge is 0.407 e. The number of amidine groups is 2. The fourth-order valence-electron chi connectivity index (χ4n) is 11.4. The molecule has 0 spiro atoms. The van der Waals surface area contributed by atoms with Crippen molar-refractivity contribution in [2.45, 2.75) is 194 Å². The van der Waals surface area contributed by atoms with Gasteiger partial charge in [-0.2, -0.15) is 0 Å². The average molecular weight is 1410 g/mol. The Morgan fingerprint density at radius 1 is 0.520 bits per heavy atom. The molecule has 14 N–H and O–H groups in total. The van der Waals surface area contributed by atoms with Crippen molar-refractivity contribution in [3.05, 3.63) is 144 Å². The Hall–Kier alpha value is -9.33. The predicted molar refractivity (Wildman–Crippen MR) is 393 cm³/mol. The van der Waals surface area contributed by atoms with E-state index in [0.29, 0.717) is 89.1 Å². The Morgan fingerprint density at radius 2 is 0.931 bits per heavy atom. The van der Waals surface area contributed by atoms with E-state index in [1.165, 1.54) is 0 Å². The van der Waals surface area contributed by atoms with E-state index in [0.717, 1.165) is 22.3 Å². The van der Waals surface area contributed by atoms with Crippen LogP contribution in [-0.2, 0) is 78.4 Å². The number of aliphatic carboxylic acids is 1. The maximum absolute atomic E-state index is 13.9. The van der Waals surface area contributed by atoms with Crippen molar-refractivity contribution in [2.24, 2.45) is 56.8 Å². The second kappa shape index (κ2) is 45.5. The lowest BCUT2D eigenvalue weighted by molar-refractivity contribution is -0.143. The first-order valence-electron chi connectivity index (χ1n) is 35.5. The molecule has 0 saturated carbocycles. The highest BCUT2D eigenvalue weighted by atomic mass is 16.6. The molecule has 0 fully saturated rings. The van der Waals surface area contributed by atoms with E-state index in [1.807, 2.05) is 156 Å². The van der Waals surface area contributed by atoms with Crippen LogP contribution in [0.1, 0.15) is 155 Å². The number of hydrogen-bond acceptors (Lipinski definition) is 17. The molecule has 25 nitrogen and oxygen atoms in total. The summed E-state index contributed by atoms with van der Waals surface area (Å²) in [5, 5.41) is 29.0. The molecular weight excluding hydrogens is 1300 g/mol. The minimum atomic E-state index is -1.17. The van der Waals surface area contributed by atoms with Gasteiger partial charge < -0.3 is 64.3 Å². The van der Waals surface area contributed by atoms with Gasteiger partial charge in [-0.25, -0.2) is 9.59 Å². The van der Waals surface area contributed by atoms with Gasteiger partial charge in [-0.15, -0.1) is 0 Å². The molecule has 0 radical (unpaired) electrons. The van der Waals surface area contributed by atoms with E-state index in [9.17, 15) is 57.8 Å². The van der Waals surface area contributed by atoms with Crippen LogP contribution in [0.5, 0.6) is 0 Å². The lowest BCUT2D eigenvalue weighted by Gasteiger charge is -2.25. The molecular formula is C77H110N12O13. The lowest BCUT2D eigenvalue weighted by atomic mass is 9.87. The third-order valence-electron chi connectivity index (χ3n) is 16.6. The highest BCUT2D eigenvalue weighted by Crippen LogP contribution is 2.23. The molecule has 0 aliphatic carbocycles. The molecule has 556 valence electrons. The summed E-state index contributed by atoms with van der Waals surface area (Å²) in [5.74, 6) is -4.40. The van der Waals surface area contributed by atoms with Crippen molar-refractivity contribution in [1.29, 1.82) is 0 Å². The number of carbonyl (C=O) groups is 11. The highest BCUT2D eigenvalue weighted by molar-refractivity contribution is 6.06. The number of carboxylic acid groups (broad SMARTS) is 1. The number of unbranched alkanes of at least 4 members (excludes halogenated alkanes) is 2. The first kappa shape index (κ1) is 85.1. The molecule has 2 heterocycles. The Bertz CT molecular complexity index is 3380. The number of ether oxygens (including phenoxy) is 1. The summed E-state index contributed by atoms with van der Waals surface area (Å²) in [4.78, 5) is 148. The summed E-state index contributed by atoms with van der Waals surface area (Å²) in [6.07, 6.45) is 4.59. The monoisotopic (exact) mass is 1410 g/mol. The zero-order valence-corrected chi connectivity index (χ0v) is 60.6. The Balaban J connectivity index is 0.000000388. The number of nitrogens with two attached hydrogens (primary N) is 3. The Morgan fingerprint density at radius 3 is 1.34 bits per heavy atom. The van der Waals surface area contributed by atoms with Gasteiger partial charge in [0.25, 0.3) is 0 Å². The summed E-state index contributed by atoms with van der Waals surface area (Å²) in [6.45, 7) is 16.3. The van der Waals surface area contributed by atoms with Crippen molar-refractivity contribution in [3.8, 4) is 0 Å². The summed E-state index contributed by atoms with van der Waals surface area (Å²) in [7, 11) is 0. The van der Waals surface area contributed by atoms with Gasteiger partial charge in [0.15, 0.2) is 17.3 Å². The average Bonchev–Trinajstić information content (AvgIpc) is 1.22. The quantitative estimate of drug-likeness (QED) is 0.0216. The van der Waals surface area contributed by atoms with Gasteiger partial charge in [-0.05, 0) is 138 Å². The number of amides is 7. The van der Waals surface area contributed by atoms with Crippen LogP contribution in [0.15, 0.2) is 131 Å². The van der Waals surface area contributed by atoms with Gasteiger partial charge in [-0.3, -0.25) is 53.1 Å². The molecule has 8 atom stereocenters. The van der Waals surface area contributed by atoms with Gasteiger partial charge in [0, 0.05) is 50.0 Å². The minimum Gasteiger partial charge on any atom is -0.480 e. The number of alkyl carbamates (subject to hydrolysis) is 1. The summed E-state index contributed by atoms with van der Waals surface area (Å²) >= 11 is 0. The second-order valence-corrected chi connectivity index (χ2v) is 27.8. The highest BCUT2D eigenvalue weighted by Gasteiger charge is 2.34. The van der Waals surface area contributed by atoms with Crippen LogP contribution in [0.2, 0.25) is 0 Å². The number of nitrogens with zero attached hydrogens (tertiary/aromatic N) is 2. The summed E-state index contributed by atoms with van der Waals surface area (Å²) in [6, 6.07) is 33.3. The number of rotatable bonds is 41. The molecule has 0 saturated heterocycles. The fourth-order valence-corrected chi connectivity index (χ4v) is 11.4. The predicted octanol–water partition coefficient (Wildman–Crippen LogP) is 6.35. The molecule has 2 aliphatic rings. The van der Waals surface area contributed by atoms with Crippen LogP contribution < -0.4 is 54.4 Å². The molecule has 6 rings (SSSR count). The molecule has 0 unspecified atom stereocenters. The third-order valence-corrected chi connectivity index (χ3v) is 16.6. The van der Waals surface area contributed by atoms with Crippen LogP contribution in [0.3, 0.4) is 0 Å². The summed E-state index contributed by atoms with van der Waals surface area (Å²) < 4.78 is 5.20. The van der Waals surface area contributed by atoms with E-state index in [4.69, 9.17) is 21.9 Å². The molecule has 4 aromatic rings. The van der Waals surface area contributed by atoms with Crippen LogP contribution in [0.25, 0.3) is 0 Å². The number of aliphatic imine (C=N–C) groups is 2. The molecule has 0 bridgehead atoms. The van der Waals surface area contributed by atoms with Crippen LogP contribution in [-0.4, -0.2) is 150 Å². The van der Waals surface area contributed by atoms with Crippen molar-refractivity contribution in [3.63, 3.8) is 0 Å². The van der Waals surface area contributed by atoms with E-state index in [2.05, 4.69) is 47.2 Å². The fraction of sp³-hybridized carbons (Fsp3) is 0.519. The first-order valence-corrected chi connectivity index (χ1v) is 35.5. The van der Waals surface area contributed by atoms with Gasteiger partial charge in [0.05, 0.1) is 30.7 Å². The Labute approximate surface area is 600 Å². The van der Waals surface area contributed by atoms with Gasteiger partial charge >= 0.3 is 12.1 Å². The second-order valence-electron chi connectivity index (χ2n) is 27.8. The number of nitrogens with one attached hydrogen (secondary N) is 7. The SMILES string of the molecule is CC(C)C[C@@H](CC(=O)[C@@H](Cc1ccccc1)NC(=O)[C@H](C)Cc1ccccc1)C(=O)N[C@H](CCCCNC(=O)OC(C)(C)C)C(=O)O.CC(C)C[C@@H](CC(=O)[C@@H](Cc1ccccc1)NC(=O)[C@H](N)Cc1ccccc1)C(=O)N[C@H](CCCCN)C(=O)CCC1=NCC(=O)N1.NCC1=NCC(=O)N1. The number of carbonyl (C=O) groups excluding carboxylic acids is 10. The van der Waals surface area contributed by atoms with Crippen molar-refractivity contribution < 1.29 is 62.6 Å². The maximum atomic E-state index is 13.9. The maximum Gasteiger partial charge on any atom is 0.407 e. The molecule has 7 amide bonds. The van der Waals surface area contributed by atoms with E-state index in [1.54, 1.807) is 20.8 Å². The number of hydrogen-bond donors (Lipinski definition) is 11. The zero-order chi connectivity index (χ0) is 75.2. The molecule has 4 aromatic carbocycles. The van der Waals surface area contributed by atoms with Crippen molar-refractivity contribution in [2.75, 3.05) is 32.7 Å². The first-order chi connectivity index (χ1) is 48.5. The molecule has 25 heteroatoms. The summed E-state index contributed by atoms with van der Waals surface area (Å²) in [5.41, 5.74) is 20.1. The number of carboxylic acids is 1. The molecule has 2 aliphatic heterocycles. The zero-order valence-electron chi connectivity index (χ0n) is 60.6. The topological polar surface area (TPSA) is 404 Å². The largest absolute Gasteiger partial charge is 0.480 e. The van der Waals surface area contributed by atoms with Crippen LogP contribution in [0.4, 0.5) is 4.79 Å². The van der Waals surface area contributed by atoms with Crippen LogP contribution in [0, 0.1) is 29.6 Å². The standard InChI is InChI=1S/C37H53N3O7.C36H50N6O5.C4H7N3O/c1-25(2)21-29(34(43)39-30(35(44)45)19-13-14-20-38-36(46)47-37(4,5)6)24-32(41)31(23-28-17-11-8-12-18-28)40-33(42)26(3)22-27-15-9-7-10-16-27;1-24(2)19-27(35(46)40-29(15-9-10-18-37)31(43)16-17-33-39-23-34(45)42-33)22-32(44)30(21-26-13-7-4-8-14-26)41-36(47)28(38)20-25-11-5-3-6-12-25;5-1-3-6-2-4(8)7-3/h7-12,15-18,25-26,29-31H,13-14,19-24H2,1-6H3,(H,38,46)(H,39,43)(H,40,42)(H,44,45);3-8,11-14,24,27-30H,9-10,15-23,37-38H2,1-2H3,(H,40,46)(H,41,47)(H,39,42,45);1-2,5H2,(H,6,7,8)/t26-,29+,30-,31-;27-,28+,29+,30+;/m10./s1. The lowest BCUT2D eigenvalue weighted by Crippen LogP contribution is -2.51. The van der Waals surface area contributed by atoms with E-state index < -0.39 is 71.5 Å². The normalized spacial score (nSPS) is 14.9. The van der Waals surface area contributed by atoms with Gasteiger partial charge in [-0.1, -0.05) is 156 Å². The van der Waals surface area contributed by atoms with Gasteiger partial charge in [0.2, 0.25) is 35.4 Å². The van der Waals surface area contributed by atoms with Crippen molar-refractivity contribution in [1.82, 2.24) is 37.2 Å². The number of benzene rings is 4. The Kier molecular flexibility index (Phi) is 38.0. The number of Topliss-reactive ketones (excluding diaryl/α,β-unsaturated/α-hetero) is 3. The van der Waals surface area contributed by atoms with E-state index >= 15 is 0 Å². The third kappa shape index (κ3) is 34.4. The van der Waals surface area contributed by atoms with Crippen LogP contribution >= 0.6 is 0 Å².